The number of carbonyl (C=O) groups excluding carboxylic acids is 7. The topological polar surface area (TPSA) is 287 Å². The SMILES string of the molecule is C/C=C/C(=O)OC(C)(C)C.CBr.CC(N)CC(=O)OC(C)(C)C.COC(C)C=NC(C)CC(=O)OC(C)(C)C.COC(CN(C(=O)Cl)C(C)CC(=O)OC(C)(C)C)OC.COC(CNC(C)CC(=O)OC(C)(C)C)OC.C[C@@H](NCc1ccccc1)c1ccccc1.C[C@H](CC(=O)OC(C)(C)C)C[C@H](C)c1ccccc1. The molecule has 25 heteroatoms. The molecule has 0 radical (unpaired) electrons. The lowest BCUT2D eigenvalue weighted by Crippen LogP contribution is -2.43. The summed E-state index contributed by atoms with van der Waals surface area (Å²) < 4.78 is 56.1. The van der Waals surface area contributed by atoms with E-state index >= 15 is 0 Å². The summed E-state index contributed by atoms with van der Waals surface area (Å²) in [6.07, 6.45) is 6.32. The number of allylic oxidation sites excluding steroid dienone is 1. The molecule has 0 aromatic heterocycles. The van der Waals surface area contributed by atoms with Crippen LogP contribution in [0.4, 0.5) is 4.79 Å². The van der Waals surface area contributed by atoms with Crippen molar-refractivity contribution in [2.45, 2.75) is 320 Å². The Labute approximate surface area is 683 Å². The van der Waals surface area contributed by atoms with Gasteiger partial charge in [-0.15, -0.1) is 0 Å². The zero-order valence-electron chi connectivity index (χ0n) is 74.1. The molecule has 0 fully saturated rings. The standard InChI is InChI=1S/C17H26O2.C15H17N.C13H24ClNO5.C12H25NO4.C12H23NO3.C8H17NO2.C8H14O2.CH3Br/c1-13(12-16(18)19-17(3,4)5)11-14(2)15-9-7-6-8-10-15;1-13(15-10-6-3-7-11-15)16-12-14-8-4-2-5-9-14;1-9(7-10(16)20-13(2,3)4)15(12(14)17)8-11(18-5)19-6;1-9(13-8-11(15-5)16-6)7-10(14)17-12(2,3)4;1-9(13-8-10(2)15-6)7-11(14)16-12(3,4)5;1-6(9)5-7(10)11-8(2,3)4;1-5-6-7(9)10-8(2,3)4;1-2/h6-10,13-14H,11-12H2,1-5H3;2-11,13,16H,12H2,1H3;9,11H,7-8H2,1-6H3;9,11,13H,7-8H2,1-6H3;8-10H,7H2,1-6H3;6H,5,9H2,1-4H3;5-6H,1-4H3;1H3/b;;;;;;6-5+;/t13-,14-;13-;;;;;;/m01....../s1. The maximum absolute atomic E-state index is 11.8. The lowest BCUT2D eigenvalue weighted by molar-refractivity contribution is -0.157. The fraction of sp³-hybridized carbons (Fsp3) is 0.674. The predicted molar refractivity (Wildman–Crippen MR) is 453 cm³/mol. The Kier molecular flexibility index (Phi) is 62.6. The number of ether oxygens (including phenoxy) is 11. The van der Waals surface area contributed by atoms with E-state index in [4.69, 9.17) is 69.4 Å². The summed E-state index contributed by atoms with van der Waals surface area (Å²) in [5, 5.41) is 6.00. The molecule has 0 spiro atoms. The van der Waals surface area contributed by atoms with Gasteiger partial charge in [0, 0.05) is 91.5 Å². The first kappa shape index (κ1) is 113. The zero-order valence-corrected chi connectivity index (χ0v) is 76.4. The van der Waals surface area contributed by atoms with E-state index in [1.807, 2.05) is 149 Å². The van der Waals surface area contributed by atoms with Crippen LogP contribution in [0.2, 0.25) is 0 Å². The smallest absolute Gasteiger partial charge is 0.330 e. The molecule has 0 aliphatic heterocycles. The lowest BCUT2D eigenvalue weighted by atomic mass is 9.89. The molecule has 23 nitrogen and oxygen atoms in total. The minimum absolute atomic E-state index is 0.0256. The maximum Gasteiger partial charge on any atom is 0.330 e. The first-order chi connectivity index (χ1) is 51.0. The molecule has 640 valence electrons. The Morgan fingerprint density at radius 3 is 1.23 bits per heavy atom. The van der Waals surface area contributed by atoms with Crippen LogP contribution in [0.15, 0.2) is 108 Å². The van der Waals surface area contributed by atoms with Gasteiger partial charge in [-0.05, 0) is 225 Å². The summed E-state index contributed by atoms with van der Waals surface area (Å²) in [7, 11) is 7.70. The third-order valence-electron chi connectivity index (χ3n) is 13.8. The Hall–Kier alpha value is -6.19. The Bertz CT molecular complexity index is 2970. The number of nitrogens with one attached hydrogen (secondary N) is 2. The Morgan fingerprint density at radius 1 is 0.486 bits per heavy atom. The number of hydrogen-bond acceptors (Lipinski definition) is 22. The van der Waals surface area contributed by atoms with Crippen LogP contribution in [0.25, 0.3) is 0 Å². The minimum Gasteiger partial charge on any atom is -0.460 e. The first-order valence-corrected chi connectivity index (χ1v) is 39.8. The van der Waals surface area contributed by atoms with E-state index in [-0.39, 0.29) is 96.9 Å². The van der Waals surface area contributed by atoms with Crippen molar-refractivity contribution in [3.8, 4) is 0 Å². The number of alkyl halides is 1. The van der Waals surface area contributed by atoms with E-state index in [1.54, 1.807) is 75.2 Å². The Balaban J connectivity index is -0.000000396. The van der Waals surface area contributed by atoms with Crippen LogP contribution < -0.4 is 16.4 Å². The first-order valence-electron chi connectivity index (χ1n) is 37.9. The predicted octanol–water partition coefficient (Wildman–Crippen LogP) is 18.0. The van der Waals surface area contributed by atoms with Gasteiger partial charge in [0.25, 0.3) is 0 Å². The molecule has 0 heterocycles. The highest BCUT2D eigenvalue weighted by Gasteiger charge is 2.28. The van der Waals surface area contributed by atoms with Crippen molar-refractivity contribution in [2.75, 3.05) is 54.5 Å². The minimum atomic E-state index is -0.667. The Morgan fingerprint density at radius 2 is 0.856 bits per heavy atom. The number of amides is 1. The number of esters is 6. The van der Waals surface area contributed by atoms with Crippen LogP contribution >= 0.6 is 27.5 Å². The van der Waals surface area contributed by atoms with Gasteiger partial charge in [-0.25, -0.2) is 4.79 Å². The van der Waals surface area contributed by atoms with E-state index < -0.39 is 40.1 Å². The molecule has 0 saturated heterocycles. The van der Waals surface area contributed by atoms with Crippen LogP contribution in [0.5, 0.6) is 0 Å². The van der Waals surface area contributed by atoms with Crippen molar-refractivity contribution in [2.24, 2.45) is 16.6 Å². The van der Waals surface area contributed by atoms with E-state index in [9.17, 15) is 33.6 Å². The number of rotatable bonds is 31. The number of methoxy groups -OCH3 is 5. The highest BCUT2D eigenvalue weighted by atomic mass is 79.9. The highest BCUT2D eigenvalue weighted by molar-refractivity contribution is 9.08. The number of carbonyl (C=O) groups is 7. The van der Waals surface area contributed by atoms with E-state index in [2.05, 4.69) is 125 Å². The van der Waals surface area contributed by atoms with Crippen molar-refractivity contribution in [1.82, 2.24) is 15.5 Å². The number of nitrogens with two attached hydrogens (primary N) is 1. The molecule has 1 amide bonds. The molecule has 4 N–H and O–H groups in total. The van der Waals surface area contributed by atoms with Crippen LogP contribution in [0.3, 0.4) is 0 Å². The number of aliphatic imine (C=N–C) groups is 1. The fourth-order valence-electron chi connectivity index (χ4n) is 8.95. The second kappa shape index (κ2) is 61.3. The summed E-state index contributed by atoms with van der Waals surface area (Å²) >= 11 is 8.47. The third kappa shape index (κ3) is 75.0. The van der Waals surface area contributed by atoms with Crippen molar-refractivity contribution in [1.29, 1.82) is 0 Å². The van der Waals surface area contributed by atoms with Crippen molar-refractivity contribution in [3.63, 3.8) is 0 Å². The number of benzene rings is 3. The molecule has 111 heavy (non-hydrogen) atoms. The summed E-state index contributed by atoms with van der Waals surface area (Å²) in [5.41, 5.74) is 6.81. The number of hydrogen-bond donors (Lipinski definition) is 3. The molecular weight excluding hydrogens is 1510 g/mol. The molecule has 0 aliphatic rings. The maximum atomic E-state index is 11.8. The fourth-order valence-corrected chi connectivity index (χ4v) is 9.19. The molecule has 5 unspecified atom stereocenters. The quantitative estimate of drug-likeness (QED) is 0.00788. The average molecular weight is 1660 g/mol. The van der Waals surface area contributed by atoms with Gasteiger partial charge in [-0.3, -0.25) is 33.8 Å². The van der Waals surface area contributed by atoms with E-state index in [1.165, 1.54) is 41.9 Å². The molecule has 3 rings (SSSR count). The molecule has 0 bridgehead atoms. The van der Waals surface area contributed by atoms with Crippen LogP contribution in [0.1, 0.15) is 254 Å². The van der Waals surface area contributed by atoms with E-state index in [0.717, 1.165) is 13.0 Å². The summed E-state index contributed by atoms with van der Waals surface area (Å²) in [5.74, 6) is 1.20. The van der Waals surface area contributed by atoms with Crippen molar-refractivity contribution < 1.29 is 85.7 Å². The van der Waals surface area contributed by atoms with E-state index in [0.29, 0.717) is 43.7 Å². The number of nitrogens with zero attached hydrogens (tertiary/aromatic N) is 2. The average Bonchev–Trinajstić information content (AvgIpc) is 0.883. The van der Waals surface area contributed by atoms with Gasteiger partial charge < -0.3 is 73.4 Å². The van der Waals surface area contributed by atoms with Crippen LogP contribution in [-0.2, 0) is 87.4 Å². The molecule has 0 aliphatic carbocycles. The summed E-state index contributed by atoms with van der Waals surface area (Å²) in [4.78, 5) is 85.2. The second-order valence-electron chi connectivity index (χ2n) is 32.6. The van der Waals surface area contributed by atoms with Gasteiger partial charge in [0.05, 0.1) is 44.4 Å². The van der Waals surface area contributed by atoms with Gasteiger partial charge in [0.1, 0.15) is 33.6 Å². The highest BCUT2D eigenvalue weighted by Crippen LogP contribution is 2.26. The van der Waals surface area contributed by atoms with Gasteiger partial charge in [-0.2, -0.15) is 0 Å². The molecular formula is C86H149BrClN5O18. The van der Waals surface area contributed by atoms with Gasteiger partial charge in [-0.1, -0.05) is 127 Å². The summed E-state index contributed by atoms with van der Waals surface area (Å²) in [6, 6.07) is 31.2. The second-order valence-corrected chi connectivity index (χ2v) is 32.9. The van der Waals surface area contributed by atoms with Crippen LogP contribution in [0, 0.1) is 5.92 Å². The zero-order chi connectivity index (χ0) is 87.1. The van der Waals surface area contributed by atoms with Crippen LogP contribution in [-0.4, -0.2) is 183 Å². The van der Waals surface area contributed by atoms with Gasteiger partial charge in [0.2, 0.25) is 0 Å². The third-order valence-corrected chi connectivity index (χ3v) is 14.0. The van der Waals surface area contributed by atoms with Gasteiger partial charge in [0.15, 0.2) is 12.6 Å². The number of halogens is 2. The molecule has 3 aromatic rings. The van der Waals surface area contributed by atoms with Gasteiger partial charge >= 0.3 is 41.2 Å². The largest absolute Gasteiger partial charge is 0.460 e. The molecule has 8 atom stereocenters. The van der Waals surface area contributed by atoms with Crippen molar-refractivity contribution >= 4 is 74.9 Å². The monoisotopic (exact) mass is 1650 g/mol. The van der Waals surface area contributed by atoms with Crippen molar-refractivity contribution in [3.05, 3.63) is 120 Å². The normalized spacial score (nSPS) is 13.7. The molecule has 0 saturated carbocycles. The summed E-state index contributed by atoms with van der Waals surface area (Å²) in [6.45, 7) is 52.3. The lowest BCUT2D eigenvalue weighted by Gasteiger charge is -2.30. The molecule has 3 aromatic carbocycles.